The average Bonchev–Trinajstić information content (AvgIpc) is 3.19. The number of aromatic nitrogens is 4. The van der Waals surface area contributed by atoms with Crippen LogP contribution in [0.5, 0.6) is 0 Å². The fraction of sp³-hybridized carbons (Fsp3) is 0.211. The van der Waals surface area contributed by atoms with Crippen LogP contribution in [0.4, 0.5) is 10.5 Å². The highest BCUT2D eigenvalue weighted by molar-refractivity contribution is 6.30. The third-order valence-electron chi connectivity index (χ3n) is 4.01. The molecule has 0 bridgehead atoms. The van der Waals surface area contributed by atoms with Crippen LogP contribution in [0.1, 0.15) is 23.0 Å². The number of nitrogens with zero attached hydrogens (tertiary/aromatic N) is 5. The molecular weight excluding hydrogens is 394 g/mol. The molecule has 0 aliphatic heterocycles. The number of hydrogen-bond acceptors (Lipinski definition) is 6. The Kier molecular flexibility index (Phi) is 6.73. The molecule has 3 N–H and O–H groups in total. The summed E-state index contributed by atoms with van der Waals surface area (Å²) in [5.41, 5.74) is 2.02. The van der Waals surface area contributed by atoms with E-state index in [-0.39, 0.29) is 13.2 Å². The van der Waals surface area contributed by atoms with E-state index in [0.29, 0.717) is 28.5 Å². The number of rotatable bonds is 7. The van der Waals surface area contributed by atoms with Crippen LogP contribution in [-0.2, 0) is 13.0 Å². The Morgan fingerprint density at radius 3 is 2.59 bits per heavy atom. The van der Waals surface area contributed by atoms with Crippen molar-refractivity contribution in [1.29, 1.82) is 5.26 Å². The number of aliphatic hydroxyl groups excluding tert-OH is 1. The molecule has 10 heteroatoms. The van der Waals surface area contributed by atoms with Crippen LogP contribution in [0.3, 0.4) is 0 Å². The van der Waals surface area contributed by atoms with E-state index in [1.165, 1.54) is 4.80 Å². The lowest BCUT2D eigenvalue weighted by Gasteiger charge is -2.16. The van der Waals surface area contributed by atoms with Gasteiger partial charge in [0.2, 0.25) is 0 Å². The fourth-order valence-electron chi connectivity index (χ4n) is 2.60. The van der Waals surface area contributed by atoms with Crippen molar-refractivity contribution in [2.24, 2.45) is 0 Å². The zero-order chi connectivity index (χ0) is 20.6. The minimum absolute atomic E-state index is 0.124. The quantitative estimate of drug-likeness (QED) is 0.547. The van der Waals surface area contributed by atoms with Crippen molar-refractivity contribution in [2.45, 2.75) is 19.0 Å². The van der Waals surface area contributed by atoms with Crippen LogP contribution in [0.2, 0.25) is 5.02 Å². The summed E-state index contributed by atoms with van der Waals surface area (Å²) in [4.78, 5) is 13.7. The Labute approximate surface area is 171 Å². The first-order chi connectivity index (χ1) is 14.1. The van der Waals surface area contributed by atoms with Crippen LogP contribution in [0.25, 0.3) is 0 Å². The zero-order valence-corrected chi connectivity index (χ0v) is 16.0. The van der Waals surface area contributed by atoms with Gasteiger partial charge < -0.3 is 15.7 Å². The third kappa shape index (κ3) is 5.75. The van der Waals surface area contributed by atoms with Gasteiger partial charge in [0.25, 0.3) is 0 Å². The second-order valence-electron chi connectivity index (χ2n) is 6.14. The number of carbonyl (C=O) groups is 1. The number of tetrazole rings is 1. The monoisotopic (exact) mass is 411 g/mol. The molecule has 0 saturated heterocycles. The van der Waals surface area contributed by atoms with Crippen LogP contribution >= 0.6 is 11.6 Å². The number of nitrogens with one attached hydrogen (secondary N) is 2. The summed E-state index contributed by atoms with van der Waals surface area (Å²) < 4.78 is 0. The lowest BCUT2D eigenvalue weighted by molar-refractivity contribution is 0.247. The standard InChI is InChI=1S/C19H18ClN7O2/c20-15-5-7-16(8-6-15)22-19(29)23-17(18-24-26-27(25-18)9-10-28)11-13-1-3-14(12-21)4-2-13/h1-8,17,28H,9-11H2,(H2,22,23,29)/t17-/m0/s1. The van der Waals surface area contributed by atoms with Crippen molar-refractivity contribution in [3.63, 3.8) is 0 Å². The number of urea groups is 1. The number of nitriles is 1. The highest BCUT2D eigenvalue weighted by atomic mass is 35.5. The Hall–Kier alpha value is -3.48. The van der Waals surface area contributed by atoms with Crippen LogP contribution < -0.4 is 10.6 Å². The number of amides is 2. The number of aliphatic hydroxyl groups is 1. The van der Waals surface area contributed by atoms with Gasteiger partial charge in [-0.15, -0.1) is 10.2 Å². The van der Waals surface area contributed by atoms with Crippen LogP contribution in [0.15, 0.2) is 48.5 Å². The van der Waals surface area contributed by atoms with Crippen molar-refractivity contribution in [1.82, 2.24) is 25.5 Å². The van der Waals surface area contributed by atoms with Gasteiger partial charge in [0.1, 0.15) is 0 Å². The SMILES string of the molecule is N#Cc1ccc(C[C@H](NC(=O)Nc2ccc(Cl)cc2)c2nnn(CCO)n2)cc1. The Morgan fingerprint density at radius 2 is 1.93 bits per heavy atom. The molecule has 0 spiro atoms. The van der Waals surface area contributed by atoms with Crippen molar-refractivity contribution in [3.05, 3.63) is 70.5 Å². The van der Waals surface area contributed by atoms with Crippen LogP contribution in [0, 0.1) is 11.3 Å². The number of carbonyl (C=O) groups excluding carboxylic acids is 1. The fourth-order valence-corrected chi connectivity index (χ4v) is 2.72. The van der Waals surface area contributed by atoms with Crippen molar-refractivity contribution < 1.29 is 9.90 Å². The number of hydrogen-bond donors (Lipinski definition) is 3. The van der Waals surface area contributed by atoms with E-state index < -0.39 is 12.1 Å². The van der Waals surface area contributed by atoms with E-state index in [2.05, 4.69) is 32.1 Å². The Morgan fingerprint density at radius 1 is 1.21 bits per heavy atom. The summed E-state index contributed by atoms with van der Waals surface area (Å²) in [6, 6.07) is 14.8. The normalized spacial score (nSPS) is 11.5. The average molecular weight is 412 g/mol. The largest absolute Gasteiger partial charge is 0.394 e. The maximum Gasteiger partial charge on any atom is 0.319 e. The maximum absolute atomic E-state index is 12.5. The molecule has 148 valence electrons. The van der Waals surface area contributed by atoms with Gasteiger partial charge in [-0.2, -0.15) is 10.1 Å². The summed E-state index contributed by atoms with van der Waals surface area (Å²) in [7, 11) is 0. The molecule has 0 aliphatic rings. The summed E-state index contributed by atoms with van der Waals surface area (Å²) >= 11 is 5.86. The third-order valence-corrected chi connectivity index (χ3v) is 4.26. The molecule has 29 heavy (non-hydrogen) atoms. The first kappa shape index (κ1) is 20.3. The first-order valence-corrected chi connectivity index (χ1v) is 9.16. The van der Waals surface area contributed by atoms with E-state index >= 15 is 0 Å². The minimum atomic E-state index is -0.567. The number of halogens is 1. The van der Waals surface area contributed by atoms with Gasteiger partial charge >= 0.3 is 6.03 Å². The molecule has 0 unspecified atom stereocenters. The molecule has 2 aromatic carbocycles. The second kappa shape index (κ2) is 9.64. The van der Waals surface area contributed by atoms with Crippen LogP contribution in [-0.4, -0.2) is 38.0 Å². The van der Waals surface area contributed by atoms with E-state index in [9.17, 15) is 4.79 Å². The maximum atomic E-state index is 12.5. The number of anilines is 1. The van der Waals surface area contributed by atoms with Gasteiger partial charge in [-0.05, 0) is 47.2 Å². The minimum Gasteiger partial charge on any atom is -0.394 e. The van der Waals surface area contributed by atoms with E-state index in [0.717, 1.165) is 5.56 Å². The van der Waals surface area contributed by atoms with Gasteiger partial charge in [-0.1, -0.05) is 23.7 Å². The predicted octanol–water partition coefficient (Wildman–Crippen LogP) is 2.30. The highest BCUT2D eigenvalue weighted by Gasteiger charge is 2.21. The smallest absolute Gasteiger partial charge is 0.319 e. The van der Waals surface area contributed by atoms with Gasteiger partial charge in [-0.25, -0.2) is 4.79 Å². The van der Waals surface area contributed by atoms with E-state index in [1.54, 1.807) is 36.4 Å². The van der Waals surface area contributed by atoms with Crippen molar-refractivity contribution in [2.75, 3.05) is 11.9 Å². The molecule has 1 aromatic heterocycles. The Balaban J connectivity index is 1.76. The second-order valence-corrected chi connectivity index (χ2v) is 6.57. The number of benzene rings is 2. The molecule has 1 atom stereocenters. The van der Waals surface area contributed by atoms with E-state index in [4.69, 9.17) is 22.0 Å². The van der Waals surface area contributed by atoms with Gasteiger partial charge in [0.15, 0.2) is 5.82 Å². The lowest BCUT2D eigenvalue weighted by atomic mass is 10.0. The zero-order valence-electron chi connectivity index (χ0n) is 15.3. The topological polar surface area (TPSA) is 129 Å². The molecule has 0 radical (unpaired) electrons. The van der Waals surface area contributed by atoms with Gasteiger partial charge in [0.05, 0.1) is 30.8 Å². The first-order valence-electron chi connectivity index (χ1n) is 8.78. The summed E-state index contributed by atoms with van der Waals surface area (Å²) in [5.74, 6) is 0.314. The van der Waals surface area contributed by atoms with E-state index in [1.807, 2.05) is 12.1 Å². The molecule has 1 heterocycles. The molecular formula is C19H18ClN7O2. The summed E-state index contributed by atoms with van der Waals surface area (Å²) in [6.07, 6.45) is 0.393. The lowest BCUT2D eigenvalue weighted by Crippen LogP contribution is -2.34. The van der Waals surface area contributed by atoms with Gasteiger partial charge in [-0.3, -0.25) is 0 Å². The molecule has 0 saturated carbocycles. The Bertz CT molecular complexity index is 997. The molecule has 9 nitrogen and oxygen atoms in total. The van der Waals surface area contributed by atoms with Crippen molar-refractivity contribution in [3.8, 4) is 6.07 Å². The van der Waals surface area contributed by atoms with Gasteiger partial charge in [0, 0.05) is 17.1 Å². The highest BCUT2D eigenvalue weighted by Crippen LogP contribution is 2.17. The molecule has 0 fully saturated rings. The molecule has 3 aromatic rings. The molecule has 0 aliphatic carbocycles. The summed E-state index contributed by atoms with van der Waals surface area (Å²) in [5, 5.41) is 36.2. The molecule has 2 amide bonds. The summed E-state index contributed by atoms with van der Waals surface area (Å²) in [6.45, 7) is 0.0775. The molecule has 3 rings (SSSR count). The predicted molar refractivity (Wildman–Crippen MR) is 106 cm³/mol. The van der Waals surface area contributed by atoms with Crippen molar-refractivity contribution >= 4 is 23.3 Å².